The van der Waals surface area contributed by atoms with Crippen molar-refractivity contribution in [2.75, 3.05) is 27.4 Å². The molecule has 0 spiro atoms. The van der Waals surface area contributed by atoms with Gasteiger partial charge in [-0.25, -0.2) is 4.99 Å². The fourth-order valence-corrected chi connectivity index (χ4v) is 4.61. The minimum Gasteiger partial charge on any atom is -0.497 e. The highest BCUT2D eigenvalue weighted by Gasteiger charge is 2.32. The normalized spacial score (nSPS) is 16.4. The van der Waals surface area contributed by atoms with Crippen LogP contribution in [0.4, 0.5) is 5.69 Å². The highest BCUT2D eigenvalue weighted by Crippen LogP contribution is 2.39. The lowest BCUT2D eigenvalue weighted by atomic mass is 10.2. The minimum atomic E-state index is -0.0698. The van der Waals surface area contributed by atoms with Gasteiger partial charge in [0.15, 0.2) is 16.7 Å². The van der Waals surface area contributed by atoms with Crippen LogP contribution >= 0.6 is 27.7 Å². The molecule has 0 aromatic heterocycles. The van der Waals surface area contributed by atoms with Crippen LogP contribution in [0.15, 0.2) is 50.8 Å². The van der Waals surface area contributed by atoms with Gasteiger partial charge in [-0.1, -0.05) is 0 Å². The fourth-order valence-electron chi connectivity index (χ4n) is 2.92. The molecule has 0 unspecified atom stereocenters. The van der Waals surface area contributed by atoms with E-state index in [-0.39, 0.29) is 5.91 Å². The third kappa shape index (κ3) is 4.82. The van der Waals surface area contributed by atoms with Crippen molar-refractivity contribution in [3.8, 4) is 17.2 Å². The van der Waals surface area contributed by atoms with Crippen molar-refractivity contribution in [2.45, 2.75) is 13.8 Å². The number of amides is 1. The summed E-state index contributed by atoms with van der Waals surface area (Å²) < 4.78 is 17.0. The van der Waals surface area contributed by atoms with Crippen molar-refractivity contribution in [3.63, 3.8) is 0 Å². The van der Waals surface area contributed by atoms with Crippen LogP contribution in [0.2, 0.25) is 0 Å². The molecule has 1 fully saturated rings. The third-order valence-corrected chi connectivity index (χ3v) is 5.93. The zero-order chi connectivity index (χ0) is 21.7. The largest absolute Gasteiger partial charge is 0.497 e. The Morgan fingerprint density at radius 3 is 2.47 bits per heavy atom. The number of rotatable bonds is 7. The van der Waals surface area contributed by atoms with Crippen LogP contribution in [0.5, 0.6) is 17.2 Å². The van der Waals surface area contributed by atoms with Gasteiger partial charge in [-0.15, -0.1) is 0 Å². The van der Waals surface area contributed by atoms with E-state index in [1.807, 2.05) is 56.3 Å². The van der Waals surface area contributed by atoms with Crippen molar-refractivity contribution in [2.24, 2.45) is 4.99 Å². The molecular formula is C22H23BrN2O4S. The Balaban J connectivity index is 1.94. The Kier molecular flexibility index (Phi) is 7.44. The summed E-state index contributed by atoms with van der Waals surface area (Å²) in [5.41, 5.74) is 1.60. The van der Waals surface area contributed by atoms with E-state index in [2.05, 4.69) is 20.9 Å². The average Bonchev–Trinajstić information content (AvgIpc) is 3.02. The Morgan fingerprint density at radius 2 is 1.87 bits per heavy atom. The summed E-state index contributed by atoms with van der Waals surface area (Å²) in [6, 6.07) is 11.2. The molecule has 2 aromatic rings. The smallest absolute Gasteiger partial charge is 0.266 e. The first-order chi connectivity index (χ1) is 14.5. The van der Waals surface area contributed by atoms with Gasteiger partial charge in [-0.2, -0.15) is 0 Å². The van der Waals surface area contributed by atoms with Crippen molar-refractivity contribution >= 4 is 50.5 Å². The number of nitrogens with zero attached hydrogens (tertiary/aromatic N) is 2. The third-order valence-electron chi connectivity index (χ3n) is 4.34. The lowest BCUT2D eigenvalue weighted by molar-refractivity contribution is -0.122. The van der Waals surface area contributed by atoms with Gasteiger partial charge in [0.05, 0.1) is 35.9 Å². The fraction of sp³-hybridized carbons (Fsp3) is 0.273. The molecule has 1 amide bonds. The summed E-state index contributed by atoms with van der Waals surface area (Å²) in [5, 5.41) is 0.650. The van der Waals surface area contributed by atoms with E-state index in [1.54, 1.807) is 19.1 Å². The number of hydrogen-bond donors (Lipinski definition) is 0. The molecule has 0 N–H and O–H groups in total. The van der Waals surface area contributed by atoms with E-state index in [4.69, 9.17) is 14.2 Å². The summed E-state index contributed by atoms with van der Waals surface area (Å²) in [6.07, 6.45) is 1.85. The van der Waals surface area contributed by atoms with Crippen LogP contribution in [0, 0.1) is 0 Å². The molecule has 1 saturated heterocycles. The number of hydrogen-bond acceptors (Lipinski definition) is 6. The standard InChI is InChI=1S/C22H23BrN2O4S/c1-5-25-21(26)19(30-22(25)24-15-7-9-16(27-3)10-8-15)13-14-11-17(23)20(28-4)18(12-14)29-6-2/h7-13H,5-6H2,1-4H3/b19-13+,24-22?. The van der Waals surface area contributed by atoms with Crippen LogP contribution in [-0.2, 0) is 4.79 Å². The molecular weight excluding hydrogens is 468 g/mol. The number of benzene rings is 2. The van der Waals surface area contributed by atoms with E-state index >= 15 is 0 Å². The molecule has 0 atom stereocenters. The first-order valence-electron chi connectivity index (χ1n) is 9.45. The molecule has 1 aliphatic rings. The van der Waals surface area contributed by atoms with Gasteiger partial charge in [0.1, 0.15) is 5.75 Å². The zero-order valence-electron chi connectivity index (χ0n) is 17.3. The highest BCUT2D eigenvalue weighted by atomic mass is 79.9. The Hall–Kier alpha value is -2.45. The number of likely N-dealkylation sites (N-methyl/N-ethyl adjacent to an activating group) is 1. The lowest BCUT2D eigenvalue weighted by Gasteiger charge is -2.12. The van der Waals surface area contributed by atoms with Gasteiger partial charge in [0.2, 0.25) is 0 Å². The molecule has 6 nitrogen and oxygen atoms in total. The summed E-state index contributed by atoms with van der Waals surface area (Å²) in [5.74, 6) is 1.94. The van der Waals surface area contributed by atoms with Gasteiger partial charge >= 0.3 is 0 Å². The van der Waals surface area contributed by atoms with Gasteiger partial charge in [-0.05, 0) is 89.6 Å². The molecule has 2 aromatic carbocycles. The predicted molar refractivity (Wildman–Crippen MR) is 125 cm³/mol. The first kappa shape index (κ1) is 22.2. The number of halogens is 1. The maximum atomic E-state index is 12.9. The van der Waals surface area contributed by atoms with Gasteiger partial charge in [0.25, 0.3) is 5.91 Å². The van der Waals surface area contributed by atoms with Crippen LogP contribution in [0.1, 0.15) is 19.4 Å². The minimum absolute atomic E-state index is 0.0698. The maximum absolute atomic E-state index is 12.9. The highest BCUT2D eigenvalue weighted by molar-refractivity contribution is 9.10. The molecule has 0 bridgehead atoms. The summed E-state index contributed by atoms with van der Waals surface area (Å²) in [6.45, 7) is 4.89. The summed E-state index contributed by atoms with van der Waals surface area (Å²) in [4.78, 5) is 19.9. The van der Waals surface area contributed by atoms with E-state index in [1.165, 1.54) is 11.8 Å². The van der Waals surface area contributed by atoms with Crippen LogP contribution < -0.4 is 14.2 Å². The molecule has 3 rings (SSSR count). The van der Waals surface area contributed by atoms with Crippen LogP contribution in [0.3, 0.4) is 0 Å². The van der Waals surface area contributed by atoms with Crippen molar-refractivity contribution < 1.29 is 19.0 Å². The number of amidine groups is 1. The monoisotopic (exact) mass is 490 g/mol. The van der Waals surface area contributed by atoms with Gasteiger partial charge in [-0.3, -0.25) is 9.69 Å². The maximum Gasteiger partial charge on any atom is 0.266 e. The molecule has 0 aliphatic carbocycles. The molecule has 0 saturated carbocycles. The summed E-state index contributed by atoms with van der Waals surface area (Å²) >= 11 is 4.87. The molecule has 0 radical (unpaired) electrons. The Bertz CT molecular complexity index is 989. The van der Waals surface area contributed by atoms with E-state index in [9.17, 15) is 4.79 Å². The molecule has 30 heavy (non-hydrogen) atoms. The molecule has 1 aliphatic heterocycles. The number of thioether (sulfide) groups is 1. The number of methoxy groups -OCH3 is 2. The second kappa shape index (κ2) is 10.0. The van der Waals surface area contributed by atoms with Gasteiger partial charge in [0, 0.05) is 6.54 Å². The van der Waals surface area contributed by atoms with E-state index in [0.717, 1.165) is 21.5 Å². The molecule has 1 heterocycles. The second-order valence-electron chi connectivity index (χ2n) is 6.22. The molecule has 158 valence electrons. The quantitative estimate of drug-likeness (QED) is 0.480. The number of aliphatic imine (C=N–C) groups is 1. The Labute approximate surface area is 189 Å². The van der Waals surface area contributed by atoms with Crippen LogP contribution in [-0.4, -0.2) is 43.3 Å². The number of carbonyl (C=O) groups excluding carboxylic acids is 1. The summed E-state index contributed by atoms with van der Waals surface area (Å²) in [7, 11) is 3.22. The van der Waals surface area contributed by atoms with E-state index < -0.39 is 0 Å². The predicted octanol–water partition coefficient (Wildman–Crippen LogP) is 5.49. The number of ether oxygens (including phenoxy) is 3. The van der Waals surface area contributed by atoms with Crippen LogP contribution in [0.25, 0.3) is 6.08 Å². The van der Waals surface area contributed by atoms with Crippen molar-refractivity contribution in [1.29, 1.82) is 0 Å². The Morgan fingerprint density at radius 1 is 1.13 bits per heavy atom. The van der Waals surface area contributed by atoms with Gasteiger partial charge < -0.3 is 14.2 Å². The zero-order valence-corrected chi connectivity index (χ0v) is 19.7. The SMILES string of the molecule is CCOc1cc(/C=C2/SC(=Nc3ccc(OC)cc3)N(CC)C2=O)cc(Br)c1OC. The van der Waals surface area contributed by atoms with E-state index in [0.29, 0.717) is 34.7 Å². The van der Waals surface area contributed by atoms with Crippen molar-refractivity contribution in [3.05, 3.63) is 51.3 Å². The first-order valence-corrected chi connectivity index (χ1v) is 11.1. The topological polar surface area (TPSA) is 60.4 Å². The number of carbonyl (C=O) groups is 1. The lowest BCUT2D eigenvalue weighted by Crippen LogP contribution is -2.28. The molecule has 8 heteroatoms. The average molecular weight is 491 g/mol. The van der Waals surface area contributed by atoms with Crippen molar-refractivity contribution in [1.82, 2.24) is 4.90 Å². The second-order valence-corrected chi connectivity index (χ2v) is 8.08.